The van der Waals surface area contributed by atoms with E-state index >= 15 is 0 Å². The van der Waals surface area contributed by atoms with Gasteiger partial charge in [-0.1, -0.05) is 6.42 Å². The van der Waals surface area contributed by atoms with Crippen molar-refractivity contribution < 1.29 is 22.3 Å². The van der Waals surface area contributed by atoms with Crippen molar-refractivity contribution in [2.45, 2.75) is 50.0 Å². The molecular weight excluding hydrogens is 319 g/mol. The van der Waals surface area contributed by atoms with E-state index in [1.807, 2.05) is 0 Å². The molecule has 4 nitrogen and oxygen atoms in total. The van der Waals surface area contributed by atoms with Gasteiger partial charge < -0.3 is 4.74 Å². The molecule has 0 unspecified atom stereocenters. The highest BCUT2D eigenvalue weighted by atomic mass is 35.7. The third-order valence-corrected chi connectivity index (χ3v) is 5.07. The fourth-order valence-electron chi connectivity index (χ4n) is 2.43. The van der Waals surface area contributed by atoms with Crippen LogP contribution in [-0.4, -0.2) is 20.5 Å². The molecule has 1 aromatic carbocycles. The molecule has 1 aliphatic carbocycles. The quantitative estimate of drug-likeness (QED) is 0.626. The van der Waals surface area contributed by atoms with Gasteiger partial charge in [0.15, 0.2) is 0 Å². The smallest absolute Gasteiger partial charge is 0.338 e. The summed E-state index contributed by atoms with van der Waals surface area (Å²) >= 11 is 0. The summed E-state index contributed by atoms with van der Waals surface area (Å²) in [6.07, 6.45) is 4.46. The van der Waals surface area contributed by atoms with Crippen LogP contribution in [-0.2, 0) is 13.8 Å². The number of ether oxygens (including phenoxy) is 1. The third-order valence-electron chi connectivity index (χ3n) is 3.62. The van der Waals surface area contributed by atoms with Gasteiger partial charge in [0.05, 0.1) is 10.5 Å². The molecule has 21 heavy (non-hydrogen) atoms. The first-order valence-electron chi connectivity index (χ1n) is 6.75. The van der Waals surface area contributed by atoms with Gasteiger partial charge in [0, 0.05) is 16.2 Å². The van der Waals surface area contributed by atoms with Crippen LogP contribution < -0.4 is 0 Å². The van der Waals surface area contributed by atoms with Crippen LogP contribution in [0.3, 0.4) is 0 Å². The highest BCUT2D eigenvalue weighted by Gasteiger charge is 2.23. The zero-order valence-corrected chi connectivity index (χ0v) is 13.1. The van der Waals surface area contributed by atoms with E-state index in [0.29, 0.717) is 0 Å². The van der Waals surface area contributed by atoms with Crippen molar-refractivity contribution in [3.63, 3.8) is 0 Å². The van der Waals surface area contributed by atoms with Gasteiger partial charge in [0.1, 0.15) is 11.9 Å². The van der Waals surface area contributed by atoms with Gasteiger partial charge in [0.25, 0.3) is 9.05 Å². The largest absolute Gasteiger partial charge is 0.459 e. The van der Waals surface area contributed by atoms with E-state index in [0.717, 1.165) is 44.2 Å². The maximum Gasteiger partial charge on any atom is 0.338 e. The van der Waals surface area contributed by atoms with Crippen LogP contribution in [0.15, 0.2) is 17.0 Å². The molecule has 1 fully saturated rings. The number of benzene rings is 1. The fourth-order valence-corrected chi connectivity index (χ4v) is 3.64. The summed E-state index contributed by atoms with van der Waals surface area (Å²) in [4.78, 5) is 11.6. The average molecular weight is 335 g/mol. The lowest BCUT2D eigenvalue weighted by atomic mass is 9.98. The molecule has 0 amide bonds. The summed E-state index contributed by atoms with van der Waals surface area (Å²) in [5.41, 5.74) is -0.248. The summed E-state index contributed by atoms with van der Waals surface area (Å²) in [5, 5.41) is 0. The van der Waals surface area contributed by atoms with Crippen molar-refractivity contribution in [3.05, 3.63) is 29.1 Å². The fraction of sp³-hybridized carbons (Fsp3) is 0.500. The zero-order chi connectivity index (χ0) is 15.6. The molecule has 0 saturated heterocycles. The Morgan fingerprint density at radius 1 is 1.29 bits per heavy atom. The summed E-state index contributed by atoms with van der Waals surface area (Å²) in [5.74, 6) is -1.52. The van der Waals surface area contributed by atoms with Crippen LogP contribution in [0.4, 0.5) is 4.39 Å². The molecule has 0 atom stereocenters. The second-order valence-corrected chi connectivity index (χ2v) is 7.72. The Kier molecular flexibility index (Phi) is 4.88. The van der Waals surface area contributed by atoms with Crippen LogP contribution in [0.5, 0.6) is 0 Å². The first-order chi connectivity index (χ1) is 9.79. The van der Waals surface area contributed by atoms with E-state index in [2.05, 4.69) is 0 Å². The minimum absolute atomic E-state index is 0.112. The molecule has 1 saturated carbocycles. The van der Waals surface area contributed by atoms with E-state index in [4.69, 9.17) is 15.4 Å². The van der Waals surface area contributed by atoms with Crippen molar-refractivity contribution in [2.75, 3.05) is 0 Å². The molecule has 0 aliphatic heterocycles. The first kappa shape index (κ1) is 16.2. The standard InChI is InChI=1S/C14H16ClFO4S/c1-9-12(16)7-10(8-13(9)21(15,18)19)14(17)20-11-5-3-2-4-6-11/h7-8,11H,2-6H2,1H3. The van der Waals surface area contributed by atoms with Crippen LogP contribution in [0.1, 0.15) is 48.0 Å². The van der Waals surface area contributed by atoms with E-state index < -0.39 is 25.7 Å². The molecule has 0 N–H and O–H groups in total. The predicted molar refractivity (Wildman–Crippen MR) is 76.5 cm³/mol. The minimum atomic E-state index is -4.12. The molecule has 0 bridgehead atoms. The molecule has 1 aromatic rings. The first-order valence-corrected chi connectivity index (χ1v) is 9.06. The number of carbonyl (C=O) groups excluding carboxylic acids is 1. The molecule has 116 valence electrons. The number of hydrogen-bond donors (Lipinski definition) is 0. The summed E-state index contributed by atoms with van der Waals surface area (Å²) < 4.78 is 41.9. The molecule has 2 rings (SSSR count). The molecule has 0 aromatic heterocycles. The van der Waals surface area contributed by atoms with Crippen molar-refractivity contribution >= 4 is 25.7 Å². The number of esters is 1. The van der Waals surface area contributed by atoms with E-state index in [9.17, 15) is 17.6 Å². The SMILES string of the molecule is Cc1c(F)cc(C(=O)OC2CCCCC2)cc1S(=O)(=O)Cl. The Morgan fingerprint density at radius 2 is 1.90 bits per heavy atom. The van der Waals surface area contributed by atoms with Gasteiger partial charge >= 0.3 is 5.97 Å². The zero-order valence-electron chi connectivity index (χ0n) is 11.6. The average Bonchev–Trinajstić information content (AvgIpc) is 2.41. The van der Waals surface area contributed by atoms with Crippen LogP contribution in [0.25, 0.3) is 0 Å². The summed E-state index contributed by atoms with van der Waals surface area (Å²) in [7, 11) is 1.14. The molecule has 1 aliphatic rings. The Bertz CT molecular complexity index is 651. The Morgan fingerprint density at radius 3 is 2.48 bits per heavy atom. The molecule has 7 heteroatoms. The Hall–Kier alpha value is -1.14. The van der Waals surface area contributed by atoms with E-state index in [1.54, 1.807) is 0 Å². The van der Waals surface area contributed by atoms with Crippen LogP contribution in [0, 0.1) is 12.7 Å². The Labute approximate surface area is 127 Å². The van der Waals surface area contributed by atoms with Gasteiger partial charge in [-0.15, -0.1) is 0 Å². The number of hydrogen-bond acceptors (Lipinski definition) is 4. The van der Waals surface area contributed by atoms with Gasteiger partial charge in [0.2, 0.25) is 0 Å². The molecule has 0 spiro atoms. The highest BCUT2D eigenvalue weighted by Crippen LogP contribution is 2.26. The summed E-state index contributed by atoms with van der Waals surface area (Å²) in [6.45, 7) is 1.29. The summed E-state index contributed by atoms with van der Waals surface area (Å²) in [6, 6.07) is 2.04. The lowest BCUT2D eigenvalue weighted by Crippen LogP contribution is -2.21. The Balaban J connectivity index is 2.27. The van der Waals surface area contributed by atoms with Crippen LogP contribution >= 0.6 is 10.7 Å². The van der Waals surface area contributed by atoms with Crippen molar-refractivity contribution in [1.82, 2.24) is 0 Å². The number of carbonyl (C=O) groups is 1. The lowest BCUT2D eigenvalue weighted by molar-refractivity contribution is 0.0210. The van der Waals surface area contributed by atoms with E-state index in [-0.39, 0.29) is 17.2 Å². The number of rotatable bonds is 3. The van der Waals surface area contributed by atoms with Crippen molar-refractivity contribution in [1.29, 1.82) is 0 Å². The second kappa shape index (κ2) is 6.32. The van der Waals surface area contributed by atoms with Crippen molar-refractivity contribution in [2.24, 2.45) is 0 Å². The maximum absolute atomic E-state index is 13.8. The predicted octanol–water partition coefficient (Wildman–Crippen LogP) is 3.55. The van der Waals surface area contributed by atoms with Gasteiger partial charge in [-0.3, -0.25) is 0 Å². The second-order valence-electron chi connectivity index (χ2n) is 5.18. The van der Waals surface area contributed by atoms with E-state index in [1.165, 1.54) is 6.92 Å². The third kappa shape index (κ3) is 3.95. The molecular formula is C14H16ClFO4S. The topological polar surface area (TPSA) is 60.4 Å². The van der Waals surface area contributed by atoms with Gasteiger partial charge in [-0.2, -0.15) is 0 Å². The normalized spacial score (nSPS) is 16.7. The lowest BCUT2D eigenvalue weighted by Gasteiger charge is -2.22. The number of halogens is 2. The van der Waals surface area contributed by atoms with Crippen molar-refractivity contribution in [3.8, 4) is 0 Å². The van der Waals surface area contributed by atoms with Crippen LogP contribution in [0.2, 0.25) is 0 Å². The molecule has 0 heterocycles. The van der Waals surface area contributed by atoms with Gasteiger partial charge in [-0.05, 0) is 44.7 Å². The minimum Gasteiger partial charge on any atom is -0.459 e. The monoisotopic (exact) mass is 334 g/mol. The maximum atomic E-state index is 13.8. The molecule has 0 radical (unpaired) electrons. The van der Waals surface area contributed by atoms with Gasteiger partial charge in [-0.25, -0.2) is 17.6 Å². The highest BCUT2D eigenvalue weighted by molar-refractivity contribution is 8.13.